The van der Waals surface area contributed by atoms with E-state index in [1.54, 1.807) is 61.7 Å². The summed E-state index contributed by atoms with van der Waals surface area (Å²) in [6, 6.07) is 14.1. The van der Waals surface area contributed by atoms with Crippen LogP contribution in [-0.4, -0.2) is 41.0 Å². The maximum atomic E-state index is 13.0. The van der Waals surface area contributed by atoms with Crippen LogP contribution in [0.15, 0.2) is 72.6 Å². The number of aliphatic hydroxyl groups is 1. The maximum absolute atomic E-state index is 13.0. The van der Waals surface area contributed by atoms with Crippen LogP contribution >= 0.6 is 0 Å². The van der Waals surface area contributed by atoms with E-state index in [-0.39, 0.29) is 17.3 Å². The zero-order chi connectivity index (χ0) is 22.0. The molecule has 1 unspecified atom stereocenters. The minimum absolute atomic E-state index is 0.0483. The molecule has 1 aliphatic heterocycles. The quantitative estimate of drug-likeness (QED) is 0.387. The third-order valence-electron chi connectivity index (χ3n) is 5.01. The number of rotatable bonds is 5. The van der Waals surface area contributed by atoms with Gasteiger partial charge in [0.25, 0.3) is 5.78 Å². The van der Waals surface area contributed by atoms with Crippen LogP contribution in [0.3, 0.4) is 0 Å². The summed E-state index contributed by atoms with van der Waals surface area (Å²) in [5, 5.41) is 11.0. The highest BCUT2D eigenvalue weighted by atomic mass is 16.5. The standard InChI is InChI=1S/C23H19N3O5/c1-30-16-8-4-14(5-9-16)19-18(20(27)15-6-10-17(31-2)11-7-15)21(28)22(29)26(19)23-24-12-3-13-25-23/h3-13,19,27H,1-2H3/b20-18+. The average Bonchev–Trinajstić information content (AvgIpc) is 3.09. The Kier molecular flexibility index (Phi) is 5.36. The van der Waals surface area contributed by atoms with Crippen LogP contribution in [0.2, 0.25) is 0 Å². The molecule has 0 spiro atoms. The lowest BCUT2D eigenvalue weighted by Crippen LogP contribution is -2.31. The number of methoxy groups -OCH3 is 2. The van der Waals surface area contributed by atoms with Crippen molar-refractivity contribution >= 4 is 23.4 Å². The molecule has 2 aromatic carbocycles. The molecule has 0 radical (unpaired) electrons. The predicted octanol–water partition coefficient (Wildman–Crippen LogP) is 3.12. The van der Waals surface area contributed by atoms with Crippen molar-refractivity contribution in [1.29, 1.82) is 0 Å². The Morgan fingerprint density at radius 3 is 2.00 bits per heavy atom. The first-order valence-electron chi connectivity index (χ1n) is 9.41. The first-order chi connectivity index (χ1) is 15.0. The van der Waals surface area contributed by atoms with Gasteiger partial charge in [-0.15, -0.1) is 0 Å². The van der Waals surface area contributed by atoms with E-state index in [1.807, 2.05) is 0 Å². The molecule has 1 amide bonds. The third kappa shape index (κ3) is 3.59. The van der Waals surface area contributed by atoms with E-state index in [4.69, 9.17) is 9.47 Å². The lowest BCUT2D eigenvalue weighted by Gasteiger charge is -2.23. The van der Waals surface area contributed by atoms with Gasteiger partial charge in [0.1, 0.15) is 17.3 Å². The molecule has 156 valence electrons. The molecular weight excluding hydrogens is 398 g/mol. The molecule has 8 heteroatoms. The summed E-state index contributed by atoms with van der Waals surface area (Å²) in [6.45, 7) is 0. The molecule has 1 aromatic heterocycles. The molecule has 0 saturated carbocycles. The van der Waals surface area contributed by atoms with Gasteiger partial charge in [-0.3, -0.25) is 14.5 Å². The van der Waals surface area contributed by atoms with Crippen LogP contribution < -0.4 is 14.4 Å². The summed E-state index contributed by atoms with van der Waals surface area (Å²) in [7, 11) is 3.08. The molecule has 1 aliphatic rings. The fourth-order valence-corrected chi connectivity index (χ4v) is 3.46. The van der Waals surface area contributed by atoms with E-state index in [9.17, 15) is 14.7 Å². The minimum atomic E-state index is -0.907. The molecule has 0 bridgehead atoms. The fraction of sp³-hybridized carbons (Fsp3) is 0.130. The van der Waals surface area contributed by atoms with Crippen molar-refractivity contribution in [3.8, 4) is 11.5 Å². The van der Waals surface area contributed by atoms with Crippen molar-refractivity contribution in [3.05, 3.63) is 83.7 Å². The molecule has 31 heavy (non-hydrogen) atoms. The first kappa shape index (κ1) is 20.1. The number of carbonyl (C=O) groups is 2. The van der Waals surface area contributed by atoms with Crippen molar-refractivity contribution < 1.29 is 24.2 Å². The number of carbonyl (C=O) groups excluding carboxylic acids is 2. The number of benzene rings is 2. The van der Waals surface area contributed by atoms with Crippen LogP contribution in [0.1, 0.15) is 17.2 Å². The van der Waals surface area contributed by atoms with E-state index >= 15 is 0 Å². The van der Waals surface area contributed by atoms with E-state index < -0.39 is 17.7 Å². The maximum Gasteiger partial charge on any atom is 0.302 e. The number of aromatic nitrogens is 2. The Bertz CT molecular complexity index is 1140. The largest absolute Gasteiger partial charge is 0.507 e. The second-order valence-corrected chi connectivity index (χ2v) is 6.72. The summed E-state index contributed by atoms with van der Waals surface area (Å²) in [5.41, 5.74) is 0.932. The zero-order valence-corrected chi connectivity index (χ0v) is 16.9. The smallest absolute Gasteiger partial charge is 0.302 e. The van der Waals surface area contributed by atoms with Gasteiger partial charge in [0.05, 0.1) is 25.8 Å². The molecule has 0 aliphatic carbocycles. The number of hydrogen-bond acceptors (Lipinski definition) is 7. The average molecular weight is 417 g/mol. The first-order valence-corrected chi connectivity index (χ1v) is 9.41. The normalized spacial score (nSPS) is 17.6. The van der Waals surface area contributed by atoms with E-state index in [0.717, 1.165) is 0 Å². The van der Waals surface area contributed by atoms with Crippen LogP contribution in [0.25, 0.3) is 5.76 Å². The molecular formula is C23H19N3O5. The number of Topliss-reactive ketones (excluding diaryl/α,β-unsaturated/α-hetero) is 1. The van der Waals surface area contributed by atoms with E-state index in [0.29, 0.717) is 22.6 Å². The molecule has 3 aromatic rings. The molecule has 1 N–H and O–H groups in total. The number of hydrogen-bond donors (Lipinski definition) is 1. The van der Waals surface area contributed by atoms with Gasteiger partial charge in [-0.1, -0.05) is 12.1 Å². The summed E-state index contributed by atoms with van der Waals surface area (Å²) in [5.74, 6) is -0.642. The Morgan fingerprint density at radius 2 is 1.45 bits per heavy atom. The van der Waals surface area contributed by atoms with Crippen molar-refractivity contribution in [2.45, 2.75) is 6.04 Å². The summed E-state index contributed by atoms with van der Waals surface area (Å²) < 4.78 is 10.3. The van der Waals surface area contributed by atoms with E-state index in [2.05, 4.69) is 9.97 Å². The lowest BCUT2D eigenvalue weighted by molar-refractivity contribution is -0.132. The molecule has 2 heterocycles. The summed E-state index contributed by atoms with van der Waals surface area (Å²) >= 11 is 0. The van der Waals surface area contributed by atoms with Crippen molar-refractivity contribution in [1.82, 2.24) is 9.97 Å². The van der Waals surface area contributed by atoms with Gasteiger partial charge in [0.15, 0.2) is 0 Å². The number of ketones is 1. The lowest BCUT2D eigenvalue weighted by atomic mass is 9.95. The van der Waals surface area contributed by atoms with Gasteiger partial charge in [0, 0.05) is 18.0 Å². The topological polar surface area (TPSA) is 102 Å². The van der Waals surface area contributed by atoms with Crippen molar-refractivity contribution in [3.63, 3.8) is 0 Å². The number of ether oxygens (including phenoxy) is 2. The Labute approximate surface area is 178 Å². The predicted molar refractivity (Wildman–Crippen MR) is 113 cm³/mol. The van der Waals surface area contributed by atoms with Gasteiger partial charge in [-0.25, -0.2) is 9.97 Å². The fourth-order valence-electron chi connectivity index (χ4n) is 3.46. The highest BCUT2D eigenvalue weighted by molar-refractivity contribution is 6.51. The molecule has 1 saturated heterocycles. The molecule has 1 atom stereocenters. The highest BCUT2D eigenvalue weighted by Crippen LogP contribution is 2.41. The summed E-state index contributed by atoms with van der Waals surface area (Å²) in [4.78, 5) is 35.5. The number of anilines is 1. The van der Waals surface area contributed by atoms with Gasteiger partial charge >= 0.3 is 5.91 Å². The second-order valence-electron chi connectivity index (χ2n) is 6.72. The molecule has 4 rings (SSSR count). The van der Waals surface area contributed by atoms with Gasteiger partial charge in [0.2, 0.25) is 5.95 Å². The number of nitrogens with zero attached hydrogens (tertiary/aromatic N) is 3. The molecule has 1 fully saturated rings. The third-order valence-corrected chi connectivity index (χ3v) is 5.01. The Balaban J connectivity index is 1.90. The van der Waals surface area contributed by atoms with Crippen molar-refractivity contribution in [2.24, 2.45) is 0 Å². The molecule has 8 nitrogen and oxygen atoms in total. The number of aliphatic hydroxyl groups excluding tert-OH is 1. The minimum Gasteiger partial charge on any atom is -0.507 e. The Hall–Kier alpha value is -4.20. The zero-order valence-electron chi connectivity index (χ0n) is 16.9. The van der Waals surface area contributed by atoms with Crippen LogP contribution in [0.4, 0.5) is 5.95 Å². The van der Waals surface area contributed by atoms with Gasteiger partial charge in [-0.05, 0) is 48.0 Å². The number of amides is 1. The van der Waals surface area contributed by atoms with Crippen LogP contribution in [-0.2, 0) is 9.59 Å². The highest BCUT2D eigenvalue weighted by Gasteiger charge is 2.48. The van der Waals surface area contributed by atoms with E-state index in [1.165, 1.54) is 24.4 Å². The van der Waals surface area contributed by atoms with Crippen molar-refractivity contribution in [2.75, 3.05) is 19.1 Å². The van der Waals surface area contributed by atoms with Crippen LogP contribution in [0, 0.1) is 0 Å². The monoisotopic (exact) mass is 417 g/mol. The summed E-state index contributed by atoms with van der Waals surface area (Å²) in [6.07, 6.45) is 2.96. The Morgan fingerprint density at radius 1 is 0.903 bits per heavy atom. The second kappa shape index (κ2) is 8.27. The van der Waals surface area contributed by atoms with Gasteiger partial charge in [-0.2, -0.15) is 0 Å². The SMILES string of the molecule is COc1ccc(/C(O)=C2\C(=O)C(=O)N(c3ncccn3)C2c2ccc(OC)cc2)cc1. The van der Waals surface area contributed by atoms with Gasteiger partial charge < -0.3 is 14.6 Å². The van der Waals surface area contributed by atoms with Crippen LogP contribution in [0.5, 0.6) is 11.5 Å².